The van der Waals surface area contributed by atoms with Gasteiger partial charge < -0.3 is 9.84 Å². The van der Waals surface area contributed by atoms with Crippen LogP contribution in [0.5, 0.6) is 0 Å². The molecule has 0 spiro atoms. The third kappa shape index (κ3) is 3.36. The molecule has 5 heteroatoms. The molecule has 0 bridgehead atoms. The molecule has 1 rings (SSSR count). The summed E-state index contributed by atoms with van der Waals surface area (Å²) in [4.78, 5) is 11.5. The van der Waals surface area contributed by atoms with Crippen LogP contribution < -0.4 is 0 Å². The highest BCUT2D eigenvalue weighted by Gasteiger charge is 1.93. The molecule has 0 saturated carbocycles. The van der Waals surface area contributed by atoms with E-state index in [2.05, 4.69) is 15.0 Å². The highest BCUT2D eigenvalue weighted by atomic mass is 16.5. The maximum Gasteiger partial charge on any atom is 0.134 e. The molecule has 1 N–H and O–H groups in total. The molecule has 0 atom stereocenters. The molecule has 0 aromatic carbocycles. The van der Waals surface area contributed by atoms with E-state index in [1.807, 2.05) is 0 Å². The van der Waals surface area contributed by atoms with Gasteiger partial charge in [0.05, 0.1) is 19.8 Å². The van der Waals surface area contributed by atoms with Gasteiger partial charge >= 0.3 is 0 Å². The van der Waals surface area contributed by atoms with Crippen molar-refractivity contribution < 1.29 is 9.84 Å². The van der Waals surface area contributed by atoms with Crippen LogP contribution in [0.25, 0.3) is 0 Å². The third-order valence-corrected chi connectivity index (χ3v) is 1.25. The number of rotatable bonds is 5. The van der Waals surface area contributed by atoms with Crippen molar-refractivity contribution in [3.05, 3.63) is 18.5 Å². The molecule has 66 valence electrons. The monoisotopic (exact) mass is 169 g/mol. The number of hydrogen-bond donors (Lipinski definition) is 1. The number of ether oxygens (including phenoxy) is 1. The first kappa shape index (κ1) is 9.02. The van der Waals surface area contributed by atoms with Gasteiger partial charge in [-0.25, -0.2) is 15.0 Å². The fourth-order valence-corrected chi connectivity index (χ4v) is 0.722. The highest BCUT2D eigenvalue weighted by Crippen LogP contribution is 1.87. The van der Waals surface area contributed by atoms with E-state index in [4.69, 9.17) is 9.84 Å². The van der Waals surface area contributed by atoms with E-state index >= 15 is 0 Å². The van der Waals surface area contributed by atoms with Crippen LogP contribution in [0.1, 0.15) is 5.82 Å². The van der Waals surface area contributed by atoms with Gasteiger partial charge in [-0.2, -0.15) is 0 Å². The second kappa shape index (κ2) is 5.56. The molecular weight excluding hydrogens is 158 g/mol. The van der Waals surface area contributed by atoms with E-state index in [1.54, 1.807) is 0 Å². The fraction of sp³-hybridized carbons (Fsp3) is 0.571. The topological polar surface area (TPSA) is 68.1 Å². The Hall–Kier alpha value is -1.07. The lowest BCUT2D eigenvalue weighted by Crippen LogP contribution is -2.05. The minimum Gasteiger partial charge on any atom is -0.394 e. The van der Waals surface area contributed by atoms with Gasteiger partial charge in [-0.05, 0) is 0 Å². The average molecular weight is 169 g/mol. The maximum atomic E-state index is 8.40. The molecule has 0 aliphatic rings. The van der Waals surface area contributed by atoms with Gasteiger partial charge in [-0.1, -0.05) is 0 Å². The first-order valence-electron chi connectivity index (χ1n) is 3.73. The first-order valence-corrected chi connectivity index (χ1v) is 3.73. The number of aromatic nitrogens is 3. The molecule has 5 nitrogen and oxygen atoms in total. The van der Waals surface area contributed by atoms with Crippen LogP contribution in [0.4, 0.5) is 0 Å². The lowest BCUT2D eigenvalue weighted by Gasteiger charge is -1.99. The third-order valence-electron chi connectivity index (χ3n) is 1.25. The molecule has 0 radical (unpaired) electrons. The predicted molar refractivity (Wildman–Crippen MR) is 41.4 cm³/mol. The summed E-state index contributed by atoms with van der Waals surface area (Å²) in [5.41, 5.74) is 0. The largest absolute Gasteiger partial charge is 0.394 e. The van der Waals surface area contributed by atoms with Gasteiger partial charge in [-0.15, -0.1) is 0 Å². The molecule has 1 aromatic heterocycles. The second-order valence-corrected chi connectivity index (χ2v) is 2.14. The zero-order valence-corrected chi connectivity index (χ0v) is 6.68. The Balaban J connectivity index is 2.16. The standard InChI is InChI=1S/C7H11N3O2/c11-2-4-12-3-1-7-9-5-8-6-10-7/h5-6,11H,1-4H2. The Kier molecular flexibility index (Phi) is 4.18. The van der Waals surface area contributed by atoms with Crippen LogP contribution in [0.15, 0.2) is 12.7 Å². The van der Waals surface area contributed by atoms with Gasteiger partial charge in [0.2, 0.25) is 0 Å². The van der Waals surface area contributed by atoms with Crippen LogP contribution in [0.3, 0.4) is 0 Å². The van der Waals surface area contributed by atoms with Gasteiger partial charge in [0.1, 0.15) is 18.5 Å². The van der Waals surface area contributed by atoms with Crippen molar-refractivity contribution in [2.45, 2.75) is 6.42 Å². The highest BCUT2D eigenvalue weighted by molar-refractivity contribution is 4.80. The Morgan fingerprint density at radius 1 is 1.25 bits per heavy atom. The number of aliphatic hydroxyl groups excluding tert-OH is 1. The minimum absolute atomic E-state index is 0.0528. The summed E-state index contributed by atoms with van der Waals surface area (Å²) in [7, 11) is 0. The van der Waals surface area contributed by atoms with Crippen LogP contribution in [0, 0.1) is 0 Å². The predicted octanol–water partition coefficient (Wildman–Crippen LogP) is -0.577. The normalized spacial score (nSPS) is 10.1. The van der Waals surface area contributed by atoms with Crippen molar-refractivity contribution in [2.24, 2.45) is 0 Å². The van der Waals surface area contributed by atoms with Crippen molar-refractivity contribution in [3.8, 4) is 0 Å². The molecule has 0 unspecified atom stereocenters. The molecule has 0 aliphatic carbocycles. The van der Waals surface area contributed by atoms with E-state index in [-0.39, 0.29) is 6.61 Å². The Morgan fingerprint density at radius 2 is 2.00 bits per heavy atom. The van der Waals surface area contributed by atoms with Crippen molar-refractivity contribution in [1.82, 2.24) is 15.0 Å². The smallest absolute Gasteiger partial charge is 0.134 e. The molecule has 0 saturated heterocycles. The van der Waals surface area contributed by atoms with Crippen LogP contribution in [0.2, 0.25) is 0 Å². The molecule has 1 heterocycles. The van der Waals surface area contributed by atoms with E-state index in [0.717, 1.165) is 0 Å². The Morgan fingerprint density at radius 3 is 2.67 bits per heavy atom. The van der Waals surface area contributed by atoms with Crippen LogP contribution in [-0.2, 0) is 11.2 Å². The second-order valence-electron chi connectivity index (χ2n) is 2.14. The summed E-state index contributed by atoms with van der Waals surface area (Å²) in [5.74, 6) is 0.711. The first-order chi connectivity index (χ1) is 5.93. The molecule has 0 fully saturated rings. The Bertz CT molecular complexity index is 205. The van der Waals surface area contributed by atoms with Crippen molar-refractivity contribution in [3.63, 3.8) is 0 Å². The zero-order valence-electron chi connectivity index (χ0n) is 6.68. The van der Waals surface area contributed by atoms with Gasteiger partial charge in [0, 0.05) is 6.42 Å². The van der Waals surface area contributed by atoms with Gasteiger partial charge in [-0.3, -0.25) is 0 Å². The summed E-state index contributed by atoms with van der Waals surface area (Å²) in [6.45, 7) is 0.951. The summed E-state index contributed by atoms with van der Waals surface area (Å²) in [6.07, 6.45) is 3.56. The molecule has 0 aliphatic heterocycles. The quantitative estimate of drug-likeness (QED) is 0.597. The molecule has 1 aromatic rings. The zero-order chi connectivity index (χ0) is 8.65. The van der Waals surface area contributed by atoms with E-state index in [0.29, 0.717) is 25.5 Å². The van der Waals surface area contributed by atoms with Gasteiger partial charge in [0.25, 0.3) is 0 Å². The van der Waals surface area contributed by atoms with E-state index in [1.165, 1.54) is 12.7 Å². The SMILES string of the molecule is OCCOCCc1ncncn1. The molecular formula is C7H11N3O2. The van der Waals surface area contributed by atoms with Crippen LogP contribution in [-0.4, -0.2) is 39.9 Å². The summed E-state index contributed by atoms with van der Waals surface area (Å²) >= 11 is 0. The average Bonchev–Trinajstić information content (AvgIpc) is 2.14. The summed E-state index contributed by atoms with van der Waals surface area (Å²) in [6, 6.07) is 0. The summed E-state index contributed by atoms with van der Waals surface area (Å²) in [5, 5.41) is 8.40. The number of aliphatic hydroxyl groups is 1. The molecule has 0 amide bonds. The van der Waals surface area contributed by atoms with E-state index in [9.17, 15) is 0 Å². The maximum absolute atomic E-state index is 8.40. The minimum atomic E-state index is 0.0528. The lowest BCUT2D eigenvalue weighted by atomic mass is 10.4. The lowest BCUT2D eigenvalue weighted by molar-refractivity contribution is 0.0936. The Labute approximate surface area is 70.5 Å². The summed E-state index contributed by atoms with van der Waals surface area (Å²) < 4.78 is 5.04. The van der Waals surface area contributed by atoms with Crippen molar-refractivity contribution in [1.29, 1.82) is 0 Å². The molecule has 12 heavy (non-hydrogen) atoms. The van der Waals surface area contributed by atoms with Gasteiger partial charge in [0.15, 0.2) is 0 Å². The van der Waals surface area contributed by atoms with Crippen LogP contribution >= 0.6 is 0 Å². The fourth-order valence-electron chi connectivity index (χ4n) is 0.722. The van der Waals surface area contributed by atoms with E-state index < -0.39 is 0 Å². The number of nitrogens with zero attached hydrogens (tertiary/aromatic N) is 3. The van der Waals surface area contributed by atoms with Crippen molar-refractivity contribution >= 4 is 0 Å². The number of hydrogen-bond acceptors (Lipinski definition) is 5. The van der Waals surface area contributed by atoms with Crippen molar-refractivity contribution in [2.75, 3.05) is 19.8 Å².